The summed E-state index contributed by atoms with van der Waals surface area (Å²) in [5, 5.41) is 7.17. The minimum atomic E-state index is -0.518. The van der Waals surface area contributed by atoms with E-state index in [1.807, 2.05) is 44.3 Å². The number of hydrogen-bond acceptors (Lipinski definition) is 3. The molecule has 0 radical (unpaired) electrons. The molecule has 0 aliphatic rings. The molecule has 0 saturated heterocycles. The van der Waals surface area contributed by atoms with Crippen molar-refractivity contribution in [2.24, 2.45) is 12.8 Å². The van der Waals surface area contributed by atoms with Crippen molar-refractivity contribution in [1.29, 1.82) is 0 Å². The lowest BCUT2D eigenvalue weighted by molar-refractivity contribution is -0.117. The second kappa shape index (κ2) is 7.04. The molecule has 112 valence electrons. The van der Waals surface area contributed by atoms with Gasteiger partial charge < -0.3 is 11.1 Å². The fourth-order valence-electron chi connectivity index (χ4n) is 2.22. The van der Waals surface area contributed by atoms with Crippen LogP contribution in [0.5, 0.6) is 0 Å². The molecule has 1 amide bonds. The van der Waals surface area contributed by atoms with Crippen molar-refractivity contribution in [2.45, 2.75) is 32.2 Å². The normalized spacial score (nSPS) is 12.1. The Hall–Kier alpha value is -2.14. The molecule has 0 saturated carbocycles. The Labute approximate surface area is 125 Å². The van der Waals surface area contributed by atoms with Crippen LogP contribution in [0.4, 0.5) is 5.69 Å². The van der Waals surface area contributed by atoms with Gasteiger partial charge in [-0.3, -0.25) is 9.48 Å². The quantitative estimate of drug-likeness (QED) is 0.851. The van der Waals surface area contributed by atoms with Crippen molar-refractivity contribution in [1.82, 2.24) is 9.78 Å². The maximum Gasteiger partial charge on any atom is 0.241 e. The maximum absolute atomic E-state index is 12.1. The first-order chi connectivity index (χ1) is 10.1. The van der Waals surface area contributed by atoms with Gasteiger partial charge in [-0.1, -0.05) is 37.3 Å². The smallest absolute Gasteiger partial charge is 0.241 e. The predicted molar refractivity (Wildman–Crippen MR) is 84.0 cm³/mol. The molecule has 1 heterocycles. The highest BCUT2D eigenvalue weighted by Crippen LogP contribution is 2.14. The lowest BCUT2D eigenvalue weighted by Crippen LogP contribution is -2.36. The Balaban J connectivity index is 1.90. The van der Waals surface area contributed by atoms with Crippen LogP contribution in [0.15, 0.2) is 36.5 Å². The van der Waals surface area contributed by atoms with Gasteiger partial charge in [-0.25, -0.2) is 0 Å². The predicted octanol–water partition coefficient (Wildman–Crippen LogP) is 1.88. The molecule has 5 nitrogen and oxygen atoms in total. The van der Waals surface area contributed by atoms with Gasteiger partial charge in [0.25, 0.3) is 0 Å². The fraction of sp³-hybridized carbons (Fsp3) is 0.375. The molecule has 5 heteroatoms. The number of rotatable bonds is 6. The van der Waals surface area contributed by atoms with Crippen molar-refractivity contribution in [2.75, 3.05) is 5.32 Å². The summed E-state index contributed by atoms with van der Waals surface area (Å²) in [7, 11) is 1.84. The molecule has 0 unspecified atom stereocenters. The summed E-state index contributed by atoms with van der Waals surface area (Å²) in [5.74, 6) is -0.159. The van der Waals surface area contributed by atoms with Crippen LogP contribution in [0.1, 0.15) is 24.6 Å². The van der Waals surface area contributed by atoms with E-state index in [4.69, 9.17) is 5.73 Å². The molecule has 2 rings (SSSR count). The highest BCUT2D eigenvalue weighted by molar-refractivity contribution is 5.95. The van der Waals surface area contributed by atoms with E-state index in [2.05, 4.69) is 10.4 Å². The lowest BCUT2D eigenvalue weighted by atomic mass is 10.1. The van der Waals surface area contributed by atoms with Gasteiger partial charge in [0.2, 0.25) is 5.91 Å². The third-order valence-electron chi connectivity index (χ3n) is 3.42. The number of aryl methyl sites for hydroxylation is 3. The van der Waals surface area contributed by atoms with E-state index in [9.17, 15) is 4.79 Å². The van der Waals surface area contributed by atoms with Crippen molar-refractivity contribution < 1.29 is 4.79 Å². The Morgan fingerprint density at radius 2 is 2.10 bits per heavy atom. The number of nitrogens with two attached hydrogens (primary N) is 1. The maximum atomic E-state index is 12.1. The van der Waals surface area contributed by atoms with E-state index in [-0.39, 0.29) is 5.91 Å². The molecular weight excluding hydrogens is 264 g/mol. The molecule has 1 aromatic heterocycles. The zero-order chi connectivity index (χ0) is 15.2. The summed E-state index contributed by atoms with van der Waals surface area (Å²) in [5.41, 5.74) is 8.79. The standard InChI is InChI=1S/C16H22N4O/c1-3-14-15(11-20(2)19-14)18-16(21)13(17)10-9-12-7-5-4-6-8-12/h4-8,11,13H,3,9-10,17H2,1-2H3,(H,18,21)/t13-/m0/s1. The van der Waals surface area contributed by atoms with Gasteiger partial charge >= 0.3 is 0 Å². The van der Waals surface area contributed by atoms with Crippen molar-refractivity contribution in [3.8, 4) is 0 Å². The van der Waals surface area contributed by atoms with E-state index < -0.39 is 6.04 Å². The first kappa shape index (κ1) is 15.3. The van der Waals surface area contributed by atoms with E-state index in [1.54, 1.807) is 10.9 Å². The summed E-state index contributed by atoms with van der Waals surface area (Å²) >= 11 is 0. The SMILES string of the molecule is CCc1nn(C)cc1NC(=O)[C@@H](N)CCc1ccccc1. The number of nitrogens with zero attached hydrogens (tertiary/aromatic N) is 2. The van der Waals surface area contributed by atoms with Crippen LogP contribution in [-0.2, 0) is 24.7 Å². The van der Waals surface area contributed by atoms with Crippen LogP contribution in [0.2, 0.25) is 0 Å². The largest absolute Gasteiger partial charge is 0.322 e. The van der Waals surface area contributed by atoms with Crippen molar-refractivity contribution >= 4 is 11.6 Å². The Kier molecular flexibility index (Phi) is 5.11. The topological polar surface area (TPSA) is 72.9 Å². The second-order valence-corrected chi connectivity index (χ2v) is 5.14. The minimum absolute atomic E-state index is 0.159. The molecule has 1 aromatic carbocycles. The molecule has 0 aliphatic heterocycles. The van der Waals surface area contributed by atoms with Crippen molar-refractivity contribution in [3.05, 3.63) is 47.8 Å². The van der Waals surface area contributed by atoms with Gasteiger partial charge in [-0.15, -0.1) is 0 Å². The number of aromatic nitrogens is 2. The first-order valence-electron chi connectivity index (χ1n) is 7.23. The second-order valence-electron chi connectivity index (χ2n) is 5.14. The first-order valence-corrected chi connectivity index (χ1v) is 7.23. The van der Waals surface area contributed by atoms with E-state index >= 15 is 0 Å². The number of carbonyl (C=O) groups is 1. The summed E-state index contributed by atoms with van der Waals surface area (Å²) in [6.07, 6.45) is 4.00. The summed E-state index contributed by atoms with van der Waals surface area (Å²) in [6.45, 7) is 2.01. The molecule has 0 fully saturated rings. The van der Waals surface area contributed by atoms with Crippen LogP contribution >= 0.6 is 0 Å². The monoisotopic (exact) mass is 286 g/mol. The molecule has 21 heavy (non-hydrogen) atoms. The molecular formula is C16H22N4O. The van der Waals surface area contributed by atoms with Crippen LogP contribution in [0, 0.1) is 0 Å². The number of anilines is 1. The van der Waals surface area contributed by atoms with Crippen LogP contribution in [-0.4, -0.2) is 21.7 Å². The number of nitrogens with one attached hydrogen (secondary N) is 1. The zero-order valence-electron chi connectivity index (χ0n) is 12.5. The van der Waals surface area contributed by atoms with Crippen LogP contribution in [0.25, 0.3) is 0 Å². The van der Waals surface area contributed by atoms with Gasteiger partial charge in [0.1, 0.15) is 0 Å². The molecule has 0 aliphatic carbocycles. The molecule has 2 aromatic rings. The highest BCUT2D eigenvalue weighted by atomic mass is 16.2. The molecule has 0 spiro atoms. The highest BCUT2D eigenvalue weighted by Gasteiger charge is 2.16. The van der Waals surface area contributed by atoms with Gasteiger partial charge in [0, 0.05) is 13.2 Å². The average Bonchev–Trinajstić information content (AvgIpc) is 2.85. The Morgan fingerprint density at radius 3 is 2.76 bits per heavy atom. The molecule has 3 N–H and O–H groups in total. The van der Waals surface area contributed by atoms with Crippen molar-refractivity contribution in [3.63, 3.8) is 0 Å². The van der Waals surface area contributed by atoms with Gasteiger partial charge in [0.15, 0.2) is 0 Å². The van der Waals surface area contributed by atoms with E-state index in [0.717, 1.165) is 24.2 Å². The third-order valence-corrected chi connectivity index (χ3v) is 3.42. The average molecular weight is 286 g/mol. The number of carbonyl (C=O) groups excluding carboxylic acids is 1. The summed E-state index contributed by atoms with van der Waals surface area (Å²) in [6, 6.07) is 9.52. The number of amides is 1. The minimum Gasteiger partial charge on any atom is -0.322 e. The zero-order valence-corrected chi connectivity index (χ0v) is 12.5. The van der Waals surface area contributed by atoms with Gasteiger partial charge in [-0.2, -0.15) is 5.10 Å². The van der Waals surface area contributed by atoms with Gasteiger partial charge in [0.05, 0.1) is 17.4 Å². The van der Waals surface area contributed by atoms with E-state index in [0.29, 0.717) is 6.42 Å². The van der Waals surface area contributed by atoms with Gasteiger partial charge in [-0.05, 0) is 24.8 Å². The Bertz CT molecular complexity index is 592. The van der Waals surface area contributed by atoms with Crippen LogP contribution < -0.4 is 11.1 Å². The number of hydrogen-bond donors (Lipinski definition) is 2. The molecule has 0 bridgehead atoms. The third kappa shape index (κ3) is 4.16. The fourth-order valence-corrected chi connectivity index (χ4v) is 2.22. The summed E-state index contributed by atoms with van der Waals surface area (Å²) in [4.78, 5) is 12.1. The molecule has 1 atom stereocenters. The summed E-state index contributed by atoms with van der Waals surface area (Å²) < 4.78 is 1.70. The number of benzene rings is 1. The van der Waals surface area contributed by atoms with E-state index in [1.165, 1.54) is 5.56 Å². The Morgan fingerprint density at radius 1 is 1.38 bits per heavy atom. The lowest BCUT2D eigenvalue weighted by Gasteiger charge is -2.12. The van der Waals surface area contributed by atoms with Crippen LogP contribution in [0.3, 0.4) is 0 Å².